The van der Waals surface area contributed by atoms with E-state index in [2.05, 4.69) is 15.0 Å². The number of benzene rings is 1. The number of aromatic amines is 2. The Balaban J connectivity index is 1.67. The molecule has 114 valence electrons. The first kappa shape index (κ1) is 14.9. The molecule has 0 saturated heterocycles. The van der Waals surface area contributed by atoms with Crippen molar-refractivity contribution in [2.45, 2.75) is 10.8 Å². The number of fused-ring (bicyclic) bond motifs is 1. The molecule has 0 radical (unpaired) electrons. The molecule has 0 amide bonds. The number of nitrogens with zero attached hydrogens (tertiary/aromatic N) is 1. The van der Waals surface area contributed by atoms with Crippen LogP contribution in [0.3, 0.4) is 0 Å². The van der Waals surface area contributed by atoms with E-state index < -0.39 is 11.2 Å². The summed E-state index contributed by atoms with van der Waals surface area (Å²) in [4.78, 5) is 31.9. The minimum atomic E-state index is -0.530. The number of aromatic nitrogens is 3. The zero-order valence-electron chi connectivity index (χ0n) is 11.7. The van der Waals surface area contributed by atoms with Gasteiger partial charge in [-0.1, -0.05) is 23.9 Å². The lowest BCUT2D eigenvalue weighted by Gasteiger charge is -2.02. The fraction of sp³-hybridized carbons (Fsp3) is 0.214. The quantitative estimate of drug-likeness (QED) is 0.697. The minimum absolute atomic E-state index is 0.352. The van der Waals surface area contributed by atoms with Gasteiger partial charge in [-0.05, 0) is 24.1 Å². The summed E-state index contributed by atoms with van der Waals surface area (Å²) in [6.45, 7) is 0. The normalized spacial score (nSPS) is 11.0. The third kappa shape index (κ3) is 3.23. The highest BCUT2D eigenvalue weighted by atomic mass is 32.2. The zero-order chi connectivity index (χ0) is 15.5. The largest absolute Gasteiger partial charge is 0.497 e. The van der Waals surface area contributed by atoms with Crippen molar-refractivity contribution in [3.8, 4) is 5.75 Å². The second kappa shape index (κ2) is 6.37. The molecule has 0 saturated carbocycles. The van der Waals surface area contributed by atoms with Gasteiger partial charge in [0.1, 0.15) is 10.4 Å². The van der Waals surface area contributed by atoms with Gasteiger partial charge in [0.25, 0.3) is 5.56 Å². The smallest absolute Gasteiger partial charge is 0.327 e. The highest BCUT2D eigenvalue weighted by molar-refractivity contribution is 8.01. The molecule has 2 N–H and O–H groups in total. The summed E-state index contributed by atoms with van der Waals surface area (Å²) < 4.78 is 6.35. The number of hydrogen-bond donors (Lipinski definition) is 2. The Morgan fingerprint density at radius 3 is 2.73 bits per heavy atom. The van der Waals surface area contributed by atoms with Crippen molar-refractivity contribution in [1.82, 2.24) is 15.0 Å². The van der Waals surface area contributed by atoms with Crippen molar-refractivity contribution in [3.05, 3.63) is 50.7 Å². The second-order valence-electron chi connectivity index (χ2n) is 4.51. The highest BCUT2D eigenvalue weighted by Gasteiger charge is 2.09. The summed E-state index contributed by atoms with van der Waals surface area (Å²) in [6, 6.07) is 7.92. The monoisotopic (exact) mass is 335 g/mol. The molecule has 0 aliphatic carbocycles. The van der Waals surface area contributed by atoms with E-state index in [9.17, 15) is 9.59 Å². The Kier molecular flexibility index (Phi) is 4.30. The van der Waals surface area contributed by atoms with Crippen molar-refractivity contribution in [1.29, 1.82) is 0 Å². The van der Waals surface area contributed by atoms with Crippen molar-refractivity contribution < 1.29 is 4.74 Å². The van der Waals surface area contributed by atoms with Gasteiger partial charge in [0.2, 0.25) is 0 Å². The van der Waals surface area contributed by atoms with Gasteiger partial charge in [-0.3, -0.25) is 14.8 Å². The average Bonchev–Trinajstić information content (AvgIpc) is 2.91. The van der Waals surface area contributed by atoms with E-state index in [0.717, 1.165) is 22.3 Å². The van der Waals surface area contributed by atoms with Crippen LogP contribution in [0, 0.1) is 0 Å². The lowest BCUT2D eigenvalue weighted by atomic mass is 10.2. The van der Waals surface area contributed by atoms with Gasteiger partial charge >= 0.3 is 5.69 Å². The number of aryl methyl sites for hydroxylation is 1. The molecule has 2 aromatic heterocycles. The molecular weight excluding hydrogens is 322 g/mol. The van der Waals surface area contributed by atoms with Crippen LogP contribution in [-0.2, 0) is 6.42 Å². The van der Waals surface area contributed by atoms with Gasteiger partial charge < -0.3 is 4.74 Å². The number of methoxy groups -OCH3 is 1. The highest BCUT2D eigenvalue weighted by Crippen LogP contribution is 2.26. The molecule has 0 spiro atoms. The maximum atomic E-state index is 11.6. The number of thiazole rings is 1. The predicted molar refractivity (Wildman–Crippen MR) is 88.3 cm³/mol. The fourth-order valence-electron chi connectivity index (χ4n) is 1.95. The summed E-state index contributed by atoms with van der Waals surface area (Å²) >= 11 is 2.86. The first-order valence-electron chi connectivity index (χ1n) is 6.54. The molecule has 3 rings (SSSR count). The fourth-order valence-corrected chi connectivity index (χ4v) is 4.00. The van der Waals surface area contributed by atoms with Crippen LogP contribution in [0.25, 0.3) is 10.3 Å². The van der Waals surface area contributed by atoms with Gasteiger partial charge in [0.05, 0.1) is 7.11 Å². The van der Waals surface area contributed by atoms with E-state index in [1.165, 1.54) is 16.9 Å². The minimum Gasteiger partial charge on any atom is -0.497 e. The van der Waals surface area contributed by atoms with Crippen LogP contribution in [0.1, 0.15) is 5.56 Å². The number of ether oxygens (including phenoxy) is 1. The van der Waals surface area contributed by atoms with E-state index in [0.29, 0.717) is 10.3 Å². The molecule has 0 aliphatic rings. The van der Waals surface area contributed by atoms with Crippen LogP contribution in [-0.4, -0.2) is 27.8 Å². The third-order valence-corrected chi connectivity index (χ3v) is 5.25. The van der Waals surface area contributed by atoms with E-state index in [4.69, 9.17) is 4.74 Å². The molecular formula is C14H13N3O3S2. The Labute approximate surface area is 133 Å². The van der Waals surface area contributed by atoms with Gasteiger partial charge in [-0.25, -0.2) is 9.78 Å². The van der Waals surface area contributed by atoms with Crippen molar-refractivity contribution in [2.75, 3.05) is 12.9 Å². The van der Waals surface area contributed by atoms with Crippen LogP contribution in [0.15, 0.2) is 38.2 Å². The summed E-state index contributed by atoms with van der Waals surface area (Å²) in [7, 11) is 1.64. The van der Waals surface area contributed by atoms with Gasteiger partial charge in [0.15, 0.2) is 9.99 Å². The molecule has 3 aromatic rings. The van der Waals surface area contributed by atoms with E-state index in [1.54, 1.807) is 18.9 Å². The van der Waals surface area contributed by atoms with Crippen molar-refractivity contribution >= 4 is 33.4 Å². The Hall–Kier alpha value is -2.06. The first-order chi connectivity index (χ1) is 10.7. The molecule has 0 atom stereocenters. The molecule has 0 bridgehead atoms. The predicted octanol–water partition coefficient (Wildman–Crippen LogP) is 2.02. The number of thioether (sulfide) groups is 1. The summed E-state index contributed by atoms with van der Waals surface area (Å²) in [6.07, 6.45) is 0.886. The Bertz CT molecular complexity index is 896. The molecule has 8 heteroatoms. The van der Waals surface area contributed by atoms with Gasteiger partial charge in [-0.2, -0.15) is 0 Å². The summed E-state index contributed by atoms with van der Waals surface area (Å²) in [5.74, 6) is 1.68. The van der Waals surface area contributed by atoms with Crippen LogP contribution in [0.5, 0.6) is 5.75 Å². The van der Waals surface area contributed by atoms with Crippen LogP contribution < -0.4 is 16.0 Å². The SMILES string of the molecule is COc1ccc(CCSc2nc3[nH]c(=O)[nH]c(=O)c3s2)cc1. The van der Waals surface area contributed by atoms with Gasteiger partial charge in [-0.15, -0.1) is 11.3 Å². The third-order valence-electron chi connectivity index (χ3n) is 3.05. The van der Waals surface area contributed by atoms with E-state index in [1.807, 2.05) is 24.3 Å². The maximum absolute atomic E-state index is 11.6. The standard InChI is InChI=1S/C14H13N3O3S2/c1-20-9-4-2-8(3-5-9)6-7-21-14-16-11-10(22-14)12(18)17-13(19)15-11/h2-5H,6-7H2,1H3,(H2,15,17,18,19). The molecule has 22 heavy (non-hydrogen) atoms. The van der Waals surface area contributed by atoms with E-state index >= 15 is 0 Å². The lowest BCUT2D eigenvalue weighted by molar-refractivity contribution is 0.414. The Morgan fingerprint density at radius 2 is 2.00 bits per heavy atom. The number of hydrogen-bond acceptors (Lipinski definition) is 6. The summed E-state index contributed by atoms with van der Waals surface area (Å²) in [5.41, 5.74) is 0.641. The molecule has 6 nitrogen and oxygen atoms in total. The lowest BCUT2D eigenvalue weighted by Crippen LogP contribution is -2.20. The molecule has 1 aromatic carbocycles. The van der Waals surface area contributed by atoms with Crippen LogP contribution >= 0.6 is 23.1 Å². The first-order valence-corrected chi connectivity index (χ1v) is 8.35. The average molecular weight is 335 g/mol. The Morgan fingerprint density at radius 1 is 1.23 bits per heavy atom. The number of H-pyrrole nitrogens is 2. The zero-order valence-corrected chi connectivity index (χ0v) is 13.3. The van der Waals surface area contributed by atoms with E-state index in [-0.39, 0.29) is 0 Å². The van der Waals surface area contributed by atoms with Gasteiger partial charge in [0, 0.05) is 5.75 Å². The number of nitrogens with one attached hydrogen (secondary N) is 2. The second-order valence-corrected chi connectivity index (χ2v) is 6.85. The topological polar surface area (TPSA) is 87.8 Å². The van der Waals surface area contributed by atoms with Crippen LogP contribution in [0.4, 0.5) is 0 Å². The molecule has 0 fully saturated rings. The molecule has 0 unspecified atom stereocenters. The number of rotatable bonds is 5. The van der Waals surface area contributed by atoms with Crippen LogP contribution in [0.2, 0.25) is 0 Å². The maximum Gasteiger partial charge on any atom is 0.327 e. The molecule has 0 aliphatic heterocycles. The molecule has 2 heterocycles. The summed E-state index contributed by atoms with van der Waals surface area (Å²) in [5, 5.41) is 0. The van der Waals surface area contributed by atoms with Crippen molar-refractivity contribution in [2.24, 2.45) is 0 Å². The van der Waals surface area contributed by atoms with Crippen molar-refractivity contribution in [3.63, 3.8) is 0 Å².